The molecular weight excluding hydrogens is 164 g/mol. The fraction of sp³-hybridized carbons (Fsp3) is 0.909. The zero-order valence-corrected chi connectivity index (χ0v) is 8.55. The van der Waals surface area contributed by atoms with E-state index in [2.05, 4.69) is 6.92 Å². The first-order valence-electron chi connectivity index (χ1n) is 5.45. The van der Waals surface area contributed by atoms with Crippen LogP contribution in [0.15, 0.2) is 0 Å². The molecule has 0 spiro atoms. The molecule has 0 bridgehead atoms. The fourth-order valence-electron chi connectivity index (χ4n) is 1.78. The minimum Gasteiger partial charge on any atom is -0.381 e. The molecule has 13 heavy (non-hydrogen) atoms. The van der Waals surface area contributed by atoms with Crippen LogP contribution >= 0.6 is 0 Å². The molecule has 1 atom stereocenters. The summed E-state index contributed by atoms with van der Waals surface area (Å²) in [6.07, 6.45) is 6.37. The Labute approximate surface area is 80.7 Å². The van der Waals surface area contributed by atoms with E-state index in [9.17, 15) is 4.79 Å². The predicted octanol–water partition coefficient (Wildman–Crippen LogP) is 2.56. The Balaban J connectivity index is 2.24. The molecule has 1 aliphatic rings. The van der Waals surface area contributed by atoms with E-state index in [1.165, 1.54) is 12.8 Å². The topological polar surface area (TPSA) is 26.3 Å². The molecular formula is C11H20O2. The maximum atomic E-state index is 11.5. The summed E-state index contributed by atoms with van der Waals surface area (Å²) in [4.78, 5) is 11.5. The molecule has 0 aromatic rings. The Morgan fingerprint density at radius 3 is 3.00 bits per heavy atom. The van der Waals surface area contributed by atoms with Gasteiger partial charge in [-0.05, 0) is 19.3 Å². The van der Waals surface area contributed by atoms with Gasteiger partial charge < -0.3 is 4.74 Å². The number of ketones is 1. The average Bonchev–Trinajstić information content (AvgIpc) is 2.32. The molecule has 0 saturated heterocycles. The van der Waals surface area contributed by atoms with Crippen molar-refractivity contribution in [1.29, 1.82) is 0 Å². The van der Waals surface area contributed by atoms with Gasteiger partial charge in [0.2, 0.25) is 0 Å². The quantitative estimate of drug-likeness (QED) is 0.496. The van der Waals surface area contributed by atoms with Crippen LogP contribution in [0.1, 0.15) is 45.4 Å². The Bertz CT molecular complexity index is 154. The molecule has 0 heterocycles. The highest BCUT2D eigenvalue weighted by atomic mass is 16.5. The Morgan fingerprint density at radius 2 is 2.23 bits per heavy atom. The van der Waals surface area contributed by atoms with Crippen LogP contribution in [0.3, 0.4) is 0 Å². The number of carbonyl (C=O) groups excluding carboxylic acids is 1. The molecule has 0 aliphatic heterocycles. The average molecular weight is 184 g/mol. The molecule has 0 N–H and O–H groups in total. The lowest BCUT2D eigenvalue weighted by molar-refractivity contribution is -0.124. The molecule has 0 amide bonds. The van der Waals surface area contributed by atoms with E-state index in [0.29, 0.717) is 12.4 Å². The Kier molecular flexibility index (Phi) is 5.06. The van der Waals surface area contributed by atoms with Crippen molar-refractivity contribution in [3.05, 3.63) is 0 Å². The van der Waals surface area contributed by atoms with Gasteiger partial charge in [-0.1, -0.05) is 19.8 Å². The van der Waals surface area contributed by atoms with Gasteiger partial charge in [0.25, 0.3) is 0 Å². The lowest BCUT2D eigenvalue weighted by Gasteiger charge is -2.12. The summed E-state index contributed by atoms with van der Waals surface area (Å²) in [7, 11) is 0. The van der Waals surface area contributed by atoms with Crippen molar-refractivity contribution < 1.29 is 9.53 Å². The number of carbonyl (C=O) groups is 1. The Hall–Kier alpha value is -0.370. The molecule has 0 aromatic carbocycles. The number of hydrogen-bond acceptors (Lipinski definition) is 2. The summed E-state index contributed by atoms with van der Waals surface area (Å²) >= 11 is 0. The SMILES string of the molecule is CCCOCC1CCCCCC1=O. The zero-order valence-electron chi connectivity index (χ0n) is 8.55. The van der Waals surface area contributed by atoms with Crippen molar-refractivity contribution in [3.63, 3.8) is 0 Å². The monoisotopic (exact) mass is 184 g/mol. The summed E-state index contributed by atoms with van der Waals surface area (Å²) in [5.41, 5.74) is 0. The van der Waals surface area contributed by atoms with E-state index in [4.69, 9.17) is 4.74 Å². The van der Waals surface area contributed by atoms with Crippen molar-refractivity contribution in [2.24, 2.45) is 5.92 Å². The molecule has 1 unspecified atom stereocenters. The van der Waals surface area contributed by atoms with Crippen LogP contribution < -0.4 is 0 Å². The largest absolute Gasteiger partial charge is 0.381 e. The molecule has 76 valence electrons. The van der Waals surface area contributed by atoms with E-state index in [1.807, 2.05) is 0 Å². The molecule has 1 rings (SSSR count). The third-order valence-corrected chi connectivity index (χ3v) is 2.60. The maximum absolute atomic E-state index is 11.5. The second-order valence-electron chi connectivity index (χ2n) is 3.84. The van der Waals surface area contributed by atoms with Gasteiger partial charge in [0.15, 0.2) is 0 Å². The number of Topliss-reactive ketones (excluding diaryl/α,β-unsaturated/α-hetero) is 1. The van der Waals surface area contributed by atoms with Crippen molar-refractivity contribution in [2.45, 2.75) is 45.4 Å². The molecule has 2 heteroatoms. The number of ether oxygens (including phenoxy) is 1. The summed E-state index contributed by atoms with van der Waals surface area (Å²) in [6, 6.07) is 0. The van der Waals surface area contributed by atoms with Crippen LogP contribution in [-0.4, -0.2) is 19.0 Å². The van der Waals surface area contributed by atoms with Crippen LogP contribution in [0.5, 0.6) is 0 Å². The highest BCUT2D eigenvalue weighted by Crippen LogP contribution is 2.20. The molecule has 1 saturated carbocycles. The minimum atomic E-state index is 0.203. The maximum Gasteiger partial charge on any atom is 0.138 e. The van der Waals surface area contributed by atoms with Crippen molar-refractivity contribution in [2.75, 3.05) is 13.2 Å². The van der Waals surface area contributed by atoms with Gasteiger partial charge in [0, 0.05) is 18.9 Å². The smallest absolute Gasteiger partial charge is 0.138 e. The normalized spacial score (nSPS) is 24.4. The summed E-state index contributed by atoms with van der Waals surface area (Å²) in [5.74, 6) is 0.627. The van der Waals surface area contributed by atoms with Gasteiger partial charge in [-0.15, -0.1) is 0 Å². The second-order valence-corrected chi connectivity index (χ2v) is 3.84. The van der Waals surface area contributed by atoms with Crippen LogP contribution in [0.4, 0.5) is 0 Å². The highest BCUT2D eigenvalue weighted by Gasteiger charge is 2.20. The third-order valence-electron chi connectivity index (χ3n) is 2.60. The third kappa shape index (κ3) is 3.90. The van der Waals surface area contributed by atoms with Crippen molar-refractivity contribution >= 4 is 5.78 Å². The van der Waals surface area contributed by atoms with E-state index in [-0.39, 0.29) is 5.92 Å². The predicted molar refractivity (Wildman–Crippen MR) is 52.7 cm³/mol. The first kappa shape index (κ1) is 10.7. The van der Waals surface area contributed by atoms with E-state index in [0.717, 1.165) is 32.3 Å². The lowest BCUT2D eigenvalue weighted by Crippen LogP contribution is -2.18. The van der Waals surface area contributed by atoms with Crippen LogP contribution in [0, 0.1) is 5.92 Å². The highest BCUT2D eigenvalue weighted by molar-refractivity contribution is 5.81. The number of hydrogen-bond donors (Lipinski definition) is 0. The first-order valence-corrected chi connectivity index (χ1v) is 5.45. The molecule has 2 nitrogen and oxygen atoms in total. The Morgan fingerprint density at radius 1 is 1.38 bits per heavy atom. The molecule has 0 aromatic heterocycles. The van der Waals surface area contributed by atoms with Gasteiger partial charge in [0.05, 0.1) is 6.61 Å². The second kappa shape index (κ2) is 6.14. The van der Waals surface area contributed by atoms with E-state index in [1.54, 1.807) is 0 Å². The van der Waals surface area contributed by atoms with E-state index < -0.39 is 0 Å². The van der Waals surface area contributed by atoms with Gasteiger partial charge in [-0.2, -0.15) is 0 Å². The molecule has 1 fully saturated rings. The standard InChI is InChI=1S/C11H20O2/c1-2-8-13-9-10-6-4-3-5-7-11(10)12/h10H,2-9H2,1H3. The van der Waals surface area contributed by atoms with Gasteiger partial charge in [-0.3, -0.25) is 4.79 Å². The zero-order chi connectivity index (χ0) is 9.52. The summed E-state index contributed by atoms with van der Waals surface area (Å²) in [6.45, 7) is 3.55. The van der Waals surface area contributed by atoms with Crippen LogP contribution in [-0.2, 0) is 9.53 Å². The summed E-state index contributed by atoms with van der Waals surface area (Å²) < 4.78 is 5.43. The fourth-order valence-corrected chi connectivity index (χ4v) is 1.78. The van der Waals surface area contributed by atoms with Crippen LogP contribution in [0.2, 0.25) is 0 Å². The van der Waals surface area contributed by atoms with E-state index >= 15 is 0 Å². The van der Waals surface area contributed by atoms with Crippen molar-refractivity contribution in [3.8, 4) is 0 Å². The first-order chi connectivity index (χ1) is 6.34. The van der Waals surface area contributed by atoms with Gasteiger partial charge in [0.1, 0.15) is 5.78 Å². The molecule has 0 radical (unpaired) electrons. The number of rotatable bonds is 4. The lowest BCUT2D eigenvalue weighted by atomic mass is 10.0. The minimum absolute atomic E-state index is 0.203. The van der Waals surface area contributed by atoms with Crippen LogP contribution in [0.25, 0.3) is 0 Å². The van der Waals surface area contributed by atoms with Crippen molar-refractivity contribution in [1.82, 2.24) is 0 Å². The van der Waals surface area contributed by atoms with Gasteiger partial charge >= 0.3 is 0 Å². The summed E-state index contributed by atoms with van der Waals surface area (Å²) in [5, 5.41) is 0. The molecule has 1 aliphatic carbocycles. The van der Waals surface area contributed by atoms with Gasteiger partial charge in [-0.25, -0.2) is 0 Å².